The first-order chi connectivity index (χ1) is 9.41. The van der Waals surface area contributed by atoms with E-state index >= 15 is 0 Å². The maximum Gasteiger partial charge on any atom is 0.271 e. The van der Waals surface area contributed by atoms with E-state index in [9.17, 15) is 13.2 Å². The van der Waals surface area contributed by atoms with Crippen molar-refractivity contribution < 1.29 is 17.6 Å². The van der Waals surface area contributed by atoms with E-state index in [2.05, 4.69) is 5.32 Å². The molecule has 2 rings (SSSR count). The van der Waals surface area contributed by atoms with Crippen molar-refractivity contribution in [2.45, 2.75) is 24.5 Å². The number of furan rings is 1. The molecule has 0 aromatic carbocycles. The van der Waals surface area contributed by atoms with Crippen LogP contribution in [0.25, 0.3) is 0 Å². The van der Waals surface area contributed by atoms with Crippen molar-refractivity contribution in [3.05, 3.63) is 40.3 Å². The van der Waals surface area contributed by atoms with Gasteiger partial charge in [0.2, 0.25) is 5.09 Å². The van der Waals surface area contributed by atoms with E-state index in [1.54, 1.807) is 11.3 Å². The SMILES string of the molecule is CC[C@H](NC(=O)c1coc(S(N)(=O)=O)c1)c1cccs1. The fraction of sp³-hybridized carbons (Fsp3) is 0.250. The maximum atomic E-state index is 12.0. The molecular weight excluding hydrogens is 300 g/mol. The minimum absolute atomic E-state index is 0.115. The normalized spacial score (nSPS) is 13.1. The molecule has 0 aliphatic heterocycles. The van der Waals surface area contributed by atoms with Gasteiger partial charge >= 0.3 is 0 Å². The predicted molar refractivity (Wildman–Crippen MR) is 74.9 cm³/mol. The molecular formula is C12H14N2O4S2. The van der Waals surface area contributed by atoms with E-state index in [0.29, 0.717) is 0 Å². The summed E-state index contributed by atoms with van der Waals surface area (Å²) in [5, 5.41) is 9.26. The Morgan fingerprint density at radius 2 is 2.30 bits per heavy atom. The lowest BCUT2D eigenvalue weighted by atomic mass is 10.1. The van der Waals surface area contributed by atoms with Crippen LogP contribution in [0.3, 0.4) is 0 Å². The molecule has 0 bridgehead atoms. The molecule has 2 aromatic heterocycles. The Bertz CT molecular complexity index is 689. The highest BCUT2D eigenvalue weighted by atomic mass is 32.2. The molecule has 0 spiro atoms. The summed E-state index contributed by atoms with van der Waals surface area (Å²) in [6.45, 7) is 1.95. The third-order valence-electron chi connectivity index (χ3n) is 2.72. The third-order valence-corrected chi connectivity index (χ3v) is 4.48. The maximum absolute atomic E-state index is 12.0. The Morgan fingerprint density at radius 3 is 2.80 bits per heavy atom. The summed E-state index contributed by atoms with van der Waals surface area (Å²) in [6.07, 6.45) is 1.81. The molecule has 108 valence electrons. The van der Waals surface area contributed by atoms with E-state index in [0.717, 1.165) is 23.6 Å². The number of carbonyl (C=O) groups excluding carboxylic acids is 1. The highest BCUT2D eigenvalue weighted by Gasteiger charge is 2.20. The number of nitrogens with two attached hydrogens (primary N) is 1. The first-order valence-electron chi connectivity index (χ1n) is 5.87. The van der Waals surface area contributed by atoms with Crippen molar-refractivity contribution in [2.24, 2.45) is 5.14 Å². The molecule has 3 N–H and O–H groups in total. The van der Waals surface area contributed by atoms with Gasteiger partial charge in [-0.15, -0.1) is 11.3 Å². The molecule has 0 aliphatic carbocycles. The molecule has 1 amide bonds. The second-order valence-corrected chi connectivity index (χ2v) is 6.62. The summed E-state index contributed by atoms with van der Waals surface area (Å²) in [6, 6.07) is 4.84. The molecule has 2 aromatic rings. The van der Waals surface area contributed by atoms with Crippen LogP contribution in [0.1, 0.15) is 34.6 Å². The van der Waals surface area contributed by atoms with Crippen molar-refractivity contribution >= 4 is 27.3 Å². The lowest BCUT2D eigenvalue weighted by molar-refractivity contribution is 0.0935. The van der Waals surface area contributed by atoms with Crippen molar-refractivity contribution in [2.75, 3.05) is 0 Å². The first-order valence-corrected chi connectivity index (χ1v) is 8.30. The van der Waals surface area contributed by atoms with E-state index in [1.807, 2.05) is 24.4 Å². The van der Waals surface area contributed by atoms with Gasteiger partial charge in [-0.1, -0.05) is 13.0 Å². The number of hydrogen-bond donors (Lipinski definition) is 2. The van der Waals surface area contributed by atoms with Crippen molar-refractivity contribution in [3.63, 3.8) is 0 Å². The molecule has 2 heterocycles. The standard InChI is InChI=1S/C12H14N2O4S2/c1-2-9(10-4-3-5-19-10)14-12(15)8-6-11(18-7-8)20(13,16)17/h3-7,9H,2H2,1H3,(H,14,15)(H2,13,16,17)/t9-/m0/s1. The molecule has 0 saturated carbocycles. The van der Waals surface area contributed by atoms with Crippen LogP contribution in [0.5, 0.6) is 0 Å². The number of primary sulfonamides is 1. The Kier molecular flexibility index (Phi) is 4.26. The summed E-state index contributed by atoms with van der Waals surface area (Å²) in [4.78, 5) is 13.1. The summed E-state index contributed by atoms with van der Waals surface area (Å²) in [5.74, 6) is -0.399. The van der Waals surface area contributed by atoms with Gasteiger partial charge in [-0.3, -0.25) is 4.79 Å². The van der Waals surface area contributed by atoms with Gasteiger partial charge < -0.3 is 9.73 Å². The van der Waals surface area contributed by atoms with Crippen LogP contribution >= 0.6 is 11.3 Å². The number of amides is 1. The Hall–Kier alpha value is -1.64. The summed E-state index contributed by atoms with van der Waals surface area (Å²) in [5.41, 5.74) is 0.129. The highest BCUT2D eigenvalue weighted by molar-refractivity contribution is 7.89. The van der Waals surface area contributed by atoms with E-state index in [1.165, 1.54) is 0 Å². The van der Waals surface area contributed by atoms with Crippen LogP contribution < -0.4 is 10.5 Å². The average molecular weight is 314 g/mol. The van der Waals surface area contributed by atoms with Crippen LogP contribution in [-0.2, 0) is 10.0 Å². The van der Waals surface area contributed by atoms with Gasteiger partial charge in [0.1, 0.15) is 6.26 Å². The van der Waals surface area contributed by atoms with Gasteiger partial charge in [-0.25, -0.2) is 13.6 Å². The monoisotopic (exact) mass is 314 g/mol. The smallest absolute Gasteiger partial charge is 0.271 e. The number of carbonyl (C=O) groups is 1. The lowest BCUT2D eigenvalue weighted by Gasteiger charge is -2.14. The van der Waals surface area contributed by atoms with Crippen LogP contribution in [0.4, 0.5) is 0 Å². The topological polar surface area (TPSA) is 102 Å². The van der Waals surface area contributed by atoms with E-state index in [4.69, 9.17) is 9.56 Å². The van der Waals surface area contributed by atoms with Crippen molar-refractivity contribution in [1.82, 2.24) is 5.32 Å². The molecule has 0 radical (unpaired) electrons. The number of nitrogens with one attached hydrogen (secondary N) is 1. The zero-order valence-corrected chi connectivity index (χ0v) is 12.3. The summed E-state index contributed by atoms with van der Waals surface area (Å²) < 4.78 is 27.0. The minimum atomic E-state index is -3.94. The van der Waals surface area contributed by atoms with Gasteiger partial charge in [-0.05, 0) is 17.9 Å². The van der Waals surface area contributed by atoms with Crippen LogP contribution in [0.2, 0.25) is 0 Å². The molecule has 8 heteroatoms. The molecule has 0 aliphatic rings. The second-order valence-electron chi connectivity index (χ2n) is 4.15. The highest BCUT2D eigenvalue weighted by Crippen LogP contribution is 2.22. The van der Waals surface area contributed by atoms with Crippen LogP contribution in [-0.4, -0.2) is 14.3 Å². The lowest BCUT2D eigenvalue weighted by Crippen LogP contribution is -2.27. The number of sulfonamides is 1. The second kappa shape index (κ2) is 5.78. The van der Waals surface area contributed by atoms with Gasteiger partial charge in [0.15, 0.2) is 0 Å². The average Bonchev–Trinajstić information content (AvgIpc) is 3.04. The van der Waals surface area contributed by atoms with Gasteiger partial charge in [0.25, 0.3) is 15.9 Å². The Morgan fingerprint density at radius 1 is 1.55 bits per heavy atom. The van der Waals surface area contributed by atoms with Gasteiger partial charge in [0.05, 0.1) is 11.6 Å². The fourth-order valence-electron chi connectivity index (χ4n) is 1.69. The summed E-state index contributed by atoms with van der Waals surface area (Å²) >= 11 is 1.55. The van der Waals surface area contributed by atoms with E-state index in [-0.39, 0.29) is 11.6 Å². The largest absolute Gasteiger partial charge is 0.451 e. The Balaban J connectivity index is 2.14. The molecule has 6 nitrogen and oxygen atoms in total. The minimum Gasteiger partial charge on any atom is -0.451 e. The zero-order chi connectivity index (χ0) is 14.8. The molecule has 20 heavy (non-hydrogen) atoms. The van der Waals surface area contributed by atoms with E-state index < -0.39 is 21.0 Å². The Labute approximate surface area is 120 Å². The van der Waals surface area contributed by atoms with Crippen LogP contribution in [0.15, 0.2) is 39.4 Å². The van der Waals surface area contributed by atoms with Crippen LogP contribution in [0, 0.1) is 0 Å². The number of rotatable bonds is 5. The summed E-state index contributed by atoms with van der Waals surface area (Å²) in [7, 11) is -3.94. The molecule has 0 unspecified atom stereocenters. The van der Waals surface area contributed by atoms with Gasteiger partial charge in [0, 0.05) is 10.9 Å². The number of thiophene rings is 1. The predicted octanol–water partition coefficient (Wildman–Crippen LogP) is 1.87. The first kappa shape index (κ1) is 14.8. The fourth-order valence-corrected chi connectivity index (χ4v) is 3.03. The van der Waals surface area contributed by atoms with Crippen molar-refractivity contribution in [3.8, 4) is 0 Å². The molecule has 1 atom stereocenters. The number of hydrogen-bond acceptors (Lipinski definition) is 5. The van der Waals surface area contributed by atoms with Crippen molar-refractivity contribution in [1.29, 1.82) is 0 Å². The zero-order valence-electron chi connectivity index (χ0n) is 10.7. The third kappa shape index (κ3) is 3.27. The quantitative estimate of drug-likeness (QED) is 0.879. The van der Waals surface area contributed by atoms with Gasteiger partial charge in [-0.2, -0.15) is 0 Å². The molecule has 0 saturated heterocycles. The molecule has 0 fully saturated rings.